The standard InChI is InChI=1S/C10H17O2/c1-3-10(2,11)7-4-5-8-9(6-7)12-8/h7-9,11H,2-6H2,1H3. The van der Waals surface area contributed by atoms with E-state index in [0.717, 1.165) is 25.7 Å². The molecule has 4 unspecified atom stereocenters. The molecule has 0 aromatic rings. The lowest BCUT2D eigenvalue weighted by molar-refractivity contribution is 0.00779. The quantitative estimate of drug-likeness (QED) is 0.636. The van der Waals surface area contributed by atoms with Crippen LogP contribution in [0.15, 0.2) is 0 Å². The van der Waals surface area contributed by atoms with Crippen molar-refractivity contribution in [1.82, 2.24) is 0 Å². The lowest BCUT2D eigenvalue weighted by atomic mass is 9.77. The summed E-state index contributed by atoms with van der Waals surface area (Å²) in [5.74, 6) is 0.353. The monoisotopic (exact) mass is 169 g/mol. The predicted octanol–water partition coefficient (Wildman–Crippen LogP) is 1.53. The van der Waals surface area contributed by atoms with Gasteiger partial charge in [-0.1, -0.05) is 6.92 Å². The van der Waals surface area contributed by atoms with Crippen LogP contribution in [0.1, 0.15) is 32.6 Å². The molecule has 2 fully saturated rings. The molecule has 1 aliphatic carbocycles. The molecule has 2 rings (SSSR count). The van der Waals surface area contributed by atoms with Gasteiger partial charge in [-0.05, 0) is 38.5 Å². The Hall–Kier alpha value is -0.0800. The van der Waals surface area contributed by atoms with Crippen LogP contribution in [0.3, 0.4) is 0 Å². The lowest BCUT2D eigenvalue weighted by Crippen LogP contribution is -2.37. The Morgan fingerprint density at radius 1 is 1.50 bits per heavy atom. The Balaban J connectivity index is 1.95. The maximum absolute atomic E-state index is 9.92. The van der Waals surface area contributed by atoms with Crippen molar-refractivity contribution >= 4 is 0 Å². The minimum atomic E-state index is -0.711. The molecule has 2 heteroatoms. The van der Waals surface area contributed by atoms with Crippen molar-refractivity contribution in [2.24, 2.45) is 5.92 Å². The summed E-state index contributed by atoms with van der Waals surface area (Å²) in [5.41, 5.74) is -0.711. The van der Waals surface area contributed by atoms with Crippen LogP contribution in [-0.4, -0.2) is 22.9 Å². The zero-order valence-corrected chi connectivity index (χ0v) is 7.62. The summed E-state index contributed by atoms with van der Waals surface area (Å²) in [4.78, 5) is 0. The van der Waals surface area contributed by atoms with Crippen molar-refractivity contribution in [2.45, 2.75) is 50.4 Å². The number of epoxide rings is 1. The van der Waals surface area contributed by atoms with Crippen LogP contribution in [0.2, 0.25) is 0 Å². The maximum atomic E-state index is 9.92. The van der Waals surface area contributed by atoms with Gasteiger partial charge >= 0.3 is 0 Å². The Labute approximate surface area is 73.9 Å². The minimum absolute atomic E-state index is 0.353. The Bertz CT molecular complexity index is 177. The van der Waals surface area contributed by atoms with Gasteiger partial charge in [-0.25, -0.2) is 0 Å². The molecule has 1 aliphatic heterocycles. The summed E-state index contributed by atoms with van der Waals surface area (Å²) in [6, 6.07) is 0. The third kappa shape index (κ3) is 1.38. The summed E-state index contributed by atoms with van der Waals surface area (Å²) >= 11 is 0. The second-order valence-electron chi connectivity index (χ2n) is 4.18. The maximum Gasteiger partial charge on any atom is 0.0845 e. The number of aliphatic hydroxyl groups is 1. The molecule has 1 heterocycles. The lowest BCUT2D eigenvalue weighted by Gasteiger charge is -2.33. The molecule has 4 atom stereocenters. The third-order valence-corrected chi connectivity index (χ3v) is 3.38. The molecule has 69 valence electrons. The fourth-order valence-electron chi connectivity index (χ4n) is 2.18. The molecule has 0 aromatic heterocycles. The number of hydrogen-bond donors (Lipinski definition) is 1. The first-order valence-corrected chi connectivity index (χ1v) is 4.86. The fraction of sp³-hybridized carbons (Fsp3) is 0.900. The van der Waals surface area contributed by atoms with Crippen LogP contribution >= 0.6 is 0 Å². The van der Waals surface area contributed by atoms with Crippen LogP contribution < -0.4 is 0 Å². The van der Waals surface area contributed by atoms with Crippen molar-refractivity contribution in [3.8, 4) is 0 Å². The van der Waals surface area contributed by atoms with Gasteiger partial charge in [-0.3, -0.25) is 0 Å². The Morgan fingerprint density at radius 3 is 2.83 bits per heavy atom. The number of rotatable bonds is 2. The second-order valence-corrected chi connectivity index (χ2v) is 4.18. The zero-order valence-electron chi connectivity index (χ0n) is 7.62. The molecule has 1 radical (unpaired) electrons. The van der Waals surface area contributed by atoms with Gasteiger partial charge in [-0.15, -0.1) is 0 Å². The van der Waals surface area contributed by atoms with E-state index in [1.54, 1.807) is 0 Å². The molecular weight excluding hydrogens is 152 g/mol. The molecule has 1 saturated carbocycles. The van der Waals surface area contributed by atoms with E-state index in [0.29, 0.717) is 18.1 Å². The SMILES string of the molecule is [CH2]C(O)(CC)C1CCC2OC2C1. The van der Waals surface area contributed by atoms with E-state index < -0.39 is 5.60 Å². The van der Waals surface area contributed by atoms with Crippen molar-refractivity contribution in [3.05, 3.63) is 6.92 Å². The van der Waals surface area contributed by atoms with E-state index in [4.69, 9.17) is 4.74 Å². The second kappa shape index (κ2) is 2.71. The van der Waals surface area contributed by atoms with E-state index in [1.165, 1.54) is 0 Å². The van der Waals surface area contributed by atoms with Gasteiger partial charge in [0.15, 0.2) is 0 Å². The molecular formula is C10H17O2. The average Bonchev–Trinajstić information content (AvgIpc) is 2.81. The predicted molar refractivity (Wildman–Crippen MR) is 46.6 cm³/mol. The molecule has 0 aromatic carbocycles. The fourth-order valence-corrected chi connectivity index (χ4v) is 2.18. The van der Waals surface area contributed by atoms with E-state index in [9.17, 15) is 5.11 Å². The summed E-state index contributed by atoms with van der Waals surface area (Å²) in [7, 11) is 0. The van der Waals surface area contributed by atoms with Crippen LogP contribution in [0.25, 0.3) is 0 Å². The number of fused-ring (bicyclic) bond motifs is 1. The number of hydrogen-bond acceptors (Lipinski definition) is 2. The van der Waals surface area contributed by atoms with E-state index >= 15 is 0 Å². The molecule has 0 spiro atoms. The van der Waals surface area contributed by atoms with Crippen molar-refractivity contribution in [3.63, 3.8) is 0 Å². The Morgan fingerprint density at radius 2 is 2.25 bits per heavy atom. The average molecular weight is 169 g/mol. The smallest absolute Gasteiger partial charge is 0.0845 e. The Kier molecular flexibility index (Phi) is 1.92. The van der Waals surface area contributed by atoms with E-state index in [-0.39, 0.29) is 0 Å². The van der Waals surface area contributed by atoms with Crippen molar-refractivity contribution in [1.29, 1.82) is 0 Å². The molecule has 1 saturated heterocycles. The minimum Gasteiger partial charge on any atom is -0.390 e. The van der Waals surface area contributed by atoms with Gasteiger partial charge in [0.25, 0.3) is 0 Å². The van der Waals surface area contributed by atoms with Gasteiger partial charge in [0, 0.05) is 0 Å². The summed E-state index contributed by atoms with van der Waals surface area (Å²) in [5, 5.41) is 9.92. The summed E-state index contributed by atoms with van der Waals surface area (Å²) in [6.07, 6.45) is 4.92. The number of ether oxygens (including phenoxy) is 1. The van der Waals surface area contributed by atoms with Gasteiger partial charge in [0.05, 0.1) is 17.8 Å². The molecule has 0 bridgehead atoms. The molecule has 12 heavy (non-hydrogen) atoms. The summed E-state index contributed by atoms with van der Waals surface area (Å²) < 4.78 is 5.41. The first-order valence-electron chi connectivity index (χ1n) is 4.86. The zero-order chi connectivity index (χ0) is 8.77. The van der Waals surface area contributed by atoms with Gasteiger partial charge < -0.3 is 9.84 Å². The molecule has 0 amide bonds. The van der Waals surface area contributed by atoms with E-state index in [1.807, 2.05) is 6.92 Å². The molecule has 2 nitrogen and oxygen atoms in total. The highest BCUT2D eigenvalue weighted by atomic mass is 16.6. The molecule has 1 N–H and O–H groups in total. The first-order chi connectivity index (χ1) is 5.63. The topological polar surface area (TPSA) is 32.8 Å². The van der Waals surface area contributed by atoms with Crippen LogP contribution in [0.5, 0.6) is 0 Å². The molecule has 2 aliphatic rings. The van der Waals surface area contributed by atoms with Crippen LogP contribution in [0, 0.1) is 12.8 Å². The summed E-state index contributed by atoms with van der Waals surface area (Å²) in [6.45, 7) is 5.86. The van der Waals surface area contributed by atoms with E-state index in [2.05, 4.69) is 6.92 Å². The van der Waals surface area contributed by atoms with Gasteiger partial charge in [0.2, 0.25) is 0 Å². The van der Waals surface area contributed by atoms with Crippen LogP contribution in [0.4, 0.5) is 0 Å². The van der Waals surface area contributed by atoms with Gasteiger partial charge in [-0.2, -0.15) is 0 Å². The highest BCUT2D eigenvalue weighted by molar-refractivity contribution is 4.99. The largest absolute Gasteiger partial charge is 0.390 e. The van der Waals surface area contributed by atoms with Crippen molar-refractivity contribution < 1.29 is 9.84 Å². The third-order valence-electron chi connectivity index (χ3n) is 3.38. The van der Waals surface area contributed by atoms with Gasteiger partial charge in [0.1, 0.15) is 0 Å². The van der Waals surface area contributed by atoms with Crippen LogP contribution in [-0.2, 0) is 4.74 Å². The normalized spacial score (nSPS) is 44.8. The highest BCUT2D eigenvalue weighted by Crippen LogP contribution is 2.43. The van der Waals surface area contributed by atoms with Crippen molar-refractivity contribution in [2.75, 3.05) is 0 Å². The first kappa shape index (κ1) is 8.52. The highest BCUT2D eigenvalue weighted by Gasteiger charge is 2.47.